The predicted octanol–water partition coefficient (Wildman–Crippen LogP) is 2.63. The van der Waals surface area contributed by atoms with Gasteiger partial charge in [0.15, 0.2) is 0 Å². The Balaban J connectivity index is 2.25. The van der Waals surface area contributed by atoms with Crippen molar-refractivity contribution in [2.75, 3.05) is 13.2 Å². The molecule has 1 aromatic carbocycles. The van der Waals surface area contributed by atoms with Crippen molar-refractivity contribution < 1.29 is 13.9 Å². The van der Waals surface area contributed by atoms with Crippen LogP contribution in [0.15, 0.2) is 24.3 Å². The predicted molar refractivity (Wildman–Crippen MR) is 53.0 cm³/mol. The molecule has 3 heteroatoms. The monoisotopic (exact) mass is 198 g/mol. The molecule has 1 rings (SSSR count). The van der Waals surface area contributed by atoms with Crippen molar-refractivity contribution in [1.29, 1.82) is 0 Å². The summed E-state index contributed by atoms with van der Waals surface area (Å²) in [5.74, 6) is 0.254. The molecule has 2 nitrogen and oxygen atoms in total. The van der Waals surface area contributed by atoms with Crippen molar-refractivity contribution in [1.82, 2.24) is 0 Å². The summed E-state index contributed by atoms with van der Waals surface area (Å²) in [5.41, 5.74) is 0. The van der Waals surface area contributed by atoms with Crippen LogP contribution in [-0.2, 0) is 4.74 Å². The summed E-state index contributed by atoms with van der Waals surface area (Å²) in [7, 11) is 0. The average molecular weight is 198 g/mol. The Morgan fingerprint density at radius 3 is 2.71 bits per heavy atom. The molecule has 0 radical (unpaired) electrons. The standard InChI is InChI=1S/C11H15FO2/c1-9(2)13-6-7-14-11-5-3-4-10(12)8-11/h3-5,8-9H,6-7H2,1-2H3. The maximum atomic E-state index is 12.7. The van der Waals surface area contributed by atoms with Crippen molar-refractivity contribution in [3.8, 4) is 5.75 Å². The van der Waals surface area contributed by atoms with E-state index in [-0.39, 0.29) is 11.9 Å². The van der Waals surface area contributed by atoms with Gasteiger partial charge in [-0.25, -0.2) is 4.39 Å². The molecule has 0 N–H and O–H groups in total. The highest BCUT2D eigenvalue weighted by atomic mass is 19.1. The lowest BCUT2D eigenvalue weighted by molar-refractivity contribution is 0.0552. The highest BCUT2D eigenvalue weighted by Gasteiger charge is 1.96. The number of halogens is 1. The summed E-state index contributed by atoms with van der Waals surface area (Å²) in [6, 6.07) is 6.08. The Kier molecular flexibility index (Phi) is 4.40. The Labute approximate surface area is 83.6 Å². The van der Waals surface area contributed by atoms with Gasteiger partial charge in [-0.1, -0.05) is 6.07 Å². The third-order valence-electron chi connectivity index (χ3n) is 1.60. The zero-order valence-corrected chi connectivity index (χ0v) is 8.50. The molecule has 0 bridgehead atoms. The second-order valence-electron chi connectivity index (χ2n) is 3.23. The molecule has 0 heterocycles. The maximum absolute atomic E-state index is 12.7. The third kappa shape index (κ3) is 4.23. The van der Waals surface area contributed by atoms with Gasteiger partial charge in [0.1, 0.15) is 18.2 Å². The van der Waals surface area contributed by atoms with Crippen molar-refractivity contribution in [3.05, 3.63) is 30.1 Å². The molecule has 0 aromatic heterocycles. The fourth-order valence-electron chi connectivity index (χ4n) is 1.00. The lowest BCUT2D eigenvalue weighted by Gasteiger charge is -2.08. The molecule has 0 saturated heterocycles. The Morgan fingerprint density at radius 2 is 2.07 bits per heavy atom. The van der Waals surface area contributed by atoms with E-state index in [1.54, 1.807) is 12.1 Å². The van der Waals surface area contributed by atoms with Gasteiger partial charge in [0.2, 0.25) is 0 Å². The van der Waals surface area contributed by atoms with Crippen molar-refractivity contribution >= 4 is 0 Å². The summed E-state index contributed by atoms with van der Waals surface area (Å²) < 4.78 is 23.2. The van der Waals surface area contributed by atoms with Crippen molar-refractivity contribution in [2.24, 2.45) is 0 Å². The summed E-state index contributed by atoms with van der Waals surface area (Å²) >= 11 is 0. The van der Waals surface area contributed by atoms with Crippen LogP contribution >= 0.6 is 0 Å². The molecular formula is C11H15FO2. The van der Waals surface area contributed by atoms with E-state index in [9.17, 15) is 4.39 Å². The van der Waals surface area contributed by atoms with Crippen molar-refractivity contribution in [3.63, 3.8) is 0 Å². The first-order valence-electron chi connectivity index (χ1n) is 4.68. The first-order chi connectivity index (χ1) is 6.68. The minimum absolute atomic E-state index is 0.200. The molecule has 1 aromatic rings. The van der Waals surface area contributed by atoms with Crippen LogP contribution in [0, 0.1) is 5.82 Å². The van der Waals surface area contributed by atoms with Crippen LogP contribution in [-0.4, -0.2) is 19.3 Å². The highest BCUT2D eigenvalue weighted by Crippen LogP contribution is 2.11. The molecule has 0 aliphatic rings. The van der Waals surface area contributed by atoms with Gasteiger partial charge in [-0.05, 0) is 26.0 Å². The van der Waals surface area contributed by atoms with Crippen LogP contribution in [0.3, 0.4) is 0 Å². The fraction of sp³-hybridized carbons (Fsp3) is 0.455. The minimum atomic E-state index is -0.285. The highest BCUT2D eigenvalue weighted by molar-refractivity contribution is 5.22. The number of ether oxygens (including phenoxy) is 2. The first kappa shape index (κ1) is 11.0. The molecule has 0 fully saturated rings. The van der Waals surface area contributed by atoms with E-state index in [0.29, 0.717) is 19.0 Å². The molecule has 0 amide bonds. The summed E-state index contributed by atoms with van der Waals surface area (Å²) in [6.07, 6.45) is 0.200. The van der Waals surface area contributed by atoms with Gasteiger partial charge in [0.25, 0.3) is 0 Å². The Morgan fingerprint density at radius 1 is 1.29 bits per heavy atom. The van der Waals surface area contributed by atoms with Crippen LogP contribution in [0.2, 0.25) is 0 Å². The number of hydrogen-bond acceptors (Lipinski definition) is 2. The van der Waals surface area contributed by atoms with Crippen LogP contribution in [0.1, 0.15) is 13.8 Å². The molecule has 0 atom stereocenters. The smallest absolute Gasteiger partial charge is 0.126 e. The lowest BCUT2D eigenvalue weighted by Crippen LogP contribution is -2.11. The average Bonchev–Trinajstić information content (AvgIpc) is 2.12. The molecule has 0 spiro atoms. The molecule has 78 valence electrons. The zero-order valence-electron chi connectivity index (χ0n) is 8.50. The van der Waals surface area contributed by atoms with Crippen LogP contribution in [0.4, 0.5) is 4.39 Å². The second kappa shape index (κ2) is 5.60. The van der Waals surface area contributed by atoms with Gasteiger partial charge >= 0.3 is 0 Å². The van der Waals surface area contributed by atoms with Crippen LogP contribution < -0.4 is 4.74 Å². The quantitative estimate of drug-likeness (QED) is 0.677. The number of benzene rings is 1. The van der Waals surface area contributed by atoms with E-state index in [4.69, 9.17) is 9.47 Å². The molecule has 0 aliphatic heterocycles. The van der Waals surface area contributed by atoms with E-state index in [2.05, 4.69) is 0 Å². The normalized spacial score (nSPS) is 10.6. The SMILES string of the molecule is CC(C)OCCOc1cccc(F)c1. The lowest BCUT2D eigenvalue weighted by atomic mass is 10.3. The van der Waals surface area contributed by atoms with Crippen LogP contribution in [0.25, 0.3) is 0 Å². The third-order valence-corrected chi connectivity index (χ3v) is 1.60. The first-order valence-corrected chi connectivity index (χ1v) is 4.68. The number of hydrogen-bond donors (Lipinski definition) is 0. The van der Waals surface area contributed by atoms with E-state index < -0.39 is 0 Å². The van der Waals surface area contributed by atoms with Crippen LogP contribution in [0.5, 0.6) is 5.75 Å². The maximum Gasteiger partial charge on any atom is 0.126 e. The van der Waals surface area contributed by atoms with Gasteiger partial charge in [-0.2, -0.15) is 0 Å². The Hall–Kier alpha value is -1.09. The minimum Gasteiger partial charge on any atom is -0.491 e. The second-order valence-corrected chi connectivity index (χ2v) is 3.23. The number of rotatable bonds is 5. The largest absolute Gasteiger partial charge is 0.491 e. The van der Waals surface area contributed by atoms with Gasteiger partial charge in [-0.3, -0.25) is 0 Å². The topological polar surface area (TPSA) is 18.5 Å². The molecule has 0 aliphatic carbocycles. The zero-order chi connectivity index (χ0) is 10.4. The summed E-state index contributed by atoms with van der Waals surface area (Å²) in [5, 5.41) is 0. The molecular weight excluding hydrogens is 183 g/mol. The van der Waals surface area contributed by atoms with E-state index in [1.165, 1.54) is 12.1 Å². The molecule has 14 heavy (non-hydrogen) atoms. The van der Waals surface area contributed by atoms with Gasteiger partial charge < -0.3 is 9.47 Å². The van der Waals surface area contributed by atoms with Crippen molar-refractivity contribution in [2.45, 2.75) is 20.0 Å². The van der Waals surface area contributed by atoms with E-state index >= 15 is 0 Å². The van der Waals surface area contributed by atoms with E-state index in [1.807, 2.05) is 13.8 Å². The summed E-state index contributed by atoms with van der Waals surface area (Å²) in [6.45, 7) is 4.89. The van der Waals surface area contributed by atoms with Gasteiger partial charge in [-0.15, -0.1) is 0 Å². The molecule has 0 saturated carbocycles. The molecule has 0 unspecified atom stereocenters. The van der Waals surface area contributed by atoms with Gasteiger partial charge in [0, 0.05) is 6.07 Å². The Bertz CT molecular complexity index is 274. The fourth-order valence-corrected chi connectivity index (χ4v) is 1.00. The summed E-state index contributed by atoms with van der Waals surface area (Å²) in [4.78, 5) is 0. The van der Waals surface area contributed by atoms with E-state index in [0.717, 1.165) is 0 Å². The van der Waals surface area contributed by atoms with Gasteiger partial charge in [0.05, 0.1) is 12.7 Å².